The fourth-order valence-electron chi connectivity index (χ4n) is 2.88. The first-order valence-electron chi connectivity index (χ1n) is 8.10. The Morgan fingerprint density at radius 2 is 2.04 bits per heavy atom. The van der Waals surface area contributed by atoms with Crippen molar-refractivity contribution in [2.24, 2.45) is 7.05 Å². The van der Waals surface area contributed by atoms with Crippen LogP contribution in [-0.4, -0.2) is 56.7 Å². The second kappa shape index (κ2) is 6.64. The molecule has 0 unspecified atom stereocenters. The van der Waals surface area contributed by atoms with E-state index in [1.807, 2.05) is 41.7 Å². The predicted molar refractivity (Wildman–Crippen MR) is 96.7 cm³/mol. The lowest BCUT2D eigenvalue weighted by atomic mass is 10.2. The summed E-state index contributed by atoms with van der Waals surface area (Å²) >= 11 is 1.47. The van der Waals surface area contributed by atoms with Crippen LogP contribution in [0.4, 0.5) is 5.82 Å². The summed E-state index contributed by atoms with van der Waals surface area (Å²) in [7, 11) is 1.87. The third-order valence-corrected chi connectivity index (χ3v) is 5.11. The van der Waals surface area contributed by atoms with E-state index in [1.165, 1.54) is 11.3 Å². The van der Waals surface area contributed by atoms with Crippen molar-refractivity contribution in [2.45, 2.75) is 0 Å². The zero-order chi connectivity index (χ0) is 17.2. The first-order valence-corrected chi connectivity index (χ1v) is 8.98. The average Bonchev–Trinajstić information content (AvgIpc) is 3.31. The Hall–Kier alpha value is -2.74. The van der Waals surface area contributed by atoms with E-state index in [9.17, 15) is 4.79 Å². The fraction of sp³-hybridized carbons (Fsp3) is 0.294. The molecule has 0 radical (unpaired) electrons. The van der Waals surface area contributed by atoms with Crippen LogP contribution < -0.4 is 4.90 Å². The average molecular weight is 354 g/mol. The Morgan fingerprint density at radius 3 is 2.72 bits per heavy atom. The number of carbonyl (C=O) groups excluding carboxylic acids is 1. The van der Waals surface area contributed by atoms with E-state index in [1.54, 1.807) is 17.1 Å². The van der Waals surface area contributed by atoms with Crippen molar-refractivity contribution in [3.8, 4) is 10.6 Å². The van der Waals surface area contributed by atoms with Gasteiger partial charge in [0.25, 0.3) is 5.91 Å². The molecule has 0 bridgehead atoms. The number of carbonyl (C=O) groups is 1. The zero-order valence-electron chi connectivity index (χ0n) is 13.9. The van der Waals surface area contributed by atoms with Crippen LogP contribution in [0, 0.1) is 0 Å². The van der Waals surface area contributed by atoms with Gasteiger partial charge in [0.15, 0.2) is 0 Å². The van der Waals surface area contributed by atoms with Gasteiger partial charge in [0, 0.05) is 56.6 Å². The summed E-state index contributed by atoms with van der Waals surface area (Å²) in [4.78, 5) is 25.6. The van der Waals surface area contributed by atoms with E-state index in [4.69, 9.17) is 0 Å². The van der Waals surface area contributed by atoms with Crippen molar-refractivity contribution in [1.29, 1.82) is 0 Å². The van der Waals surface area contributed by atoms with Crippen LogP contribution in [0.15, 0.2) is 42.2 Å². The fourth-order valence-corrected chi connectivity index (χ4v) is 3.65. The molecule has 3 aromatic heterocycles. The molecule has 0 atom stereocenters. The molecule has 1 saturated heterocycles. The van der Waals surface area contributed by atoms with Crippen LogP contribution in [0.5, 0.6) is 0 Å². The van der Waals surface area contributed by atoms with Gasteiger partial charge in [-0.05, 0) is 12.1 Å². The number of hydrogen-bond donors (Lipinski definition) is 0. The van der Waals surface area contributed by atoms with Crippen LogP contribution >= 0.6 is 11.3 Å². The molecule has 0 spiro atoms. The lowest BCUT2D eigenvalue weighted by molar-refractivity contribution is 0.0741. The number of thiazole rings is 1. The van der Waals surface area contributed by atoms with Gasteiger partial charge in [-0.15, -0.1) is 11.3 Å². The third-order valence-electron chi connectivity index (χ3n) is 4.22. The highest BCUT2D eigenvalue weighted by Gasteiger charge is 2.24. The summed E-state index contributed by atoms with van der Waals surface area (Å²) in [5.74, 6) is 0.953. The van der Waals surface area contributed by atoms with Crippen LogP contribution in [0.2, 0.25) is 0 Å². The molecular weight excluding hydrogens is 336 g/mol. The minimum absolute atomic E-state index is 0.00735. The molecule has 0 N–H and O–H groups in total. The second-order valence-electron chi connectivity index (χ2n) is 5.91. The summed E-state index contributed by atoms with van der Waals surface area (Å²) in [6.45, 7) is 2.91. The van der Waals surface area contributed by atoms with Gasteiger partial charge in [-0.1, -0.05) is 6.07 Å². The van der Waals surface area contributed by atoms with Crippen molar-refractivity contribution in [3.63, 3.8) is 0 Å². The number of nitrogens with zero attached hydrogens (tertiary/aromatic N) is 6. The Balaban J connectivity index is 1.42. The largest absolute Gasteiger partial charge is 0.353 e. The first-order chi connectivity index (χ1) is 12.2. The Kier molecular flexibility index (Phi) is 4.19. The molecule has 0 aliphatic carbocycles. The standard InChI is InChI=1S/C17H18N6OS/c1-21-11-13(10-19-21)16-20-14(12-25-16)17(24)23-8-6-22(7-9-23)15-4-2-3-5-18-15/h2-5,10-12H,6-9H2,1H3. The Morgan fingerprint density at radius 1 is 1.20 bits per heavy atom. The van der Waals surface area contributed by atoms with Crippen LogP contribution in [0.3, 0.4) is 0 Å². The van der Waals surface area contributed by atoms with Crippen molar-refractivity contribution in [2.75, 3.05) is 31.1 Å². The summed E-state index contributed by atoms with van der Waals surface area (Å²) in [6, 6.07) is 5.89. The van der Waals surface area contributed by atoms with Gasteiger partial charge in [-0.25, -0.2) is 9.97 Å². The summed E-state index contributed by atoms with van der Waals surface area (Å²) in [6.07, 6.45) is 5.46. The molecule has 1 aliphatic rings. The lowest BCUT2D eigenvalue weighted by Gasteiger charge is -2.35. The number of amides is 1. The predicted octanol–water partition coefficient (Wildman–Crippen LogP) is 1.90. The molecule has 4 heterocycles. The second-order valence-corrected chi connectivity index (χ2v) is 6.77. The number of pyridine rings is 1. The minimum atomic E-state index is -0.00735. The molecule has 7 nitrogen and oxygen atoms in total. The lowest BCUT2D eigenvalue weighted by Crippen LogP contribution is -2.49. The van der Waals surface area contributed by atoms with Crippen molar-refractivity contribution in [1.82, 2.24) is 24.6 Å². The SMILES string of the molecule is Cn1cc(-c2nc(C(=O)N3CCN(c4ccccn4)CC3)cs2)cn1. The normalized spacial score (nSPS) is 14.8. The molecule has 0 aromatic carbocycles. The zero-order valence-corrected chi connectivity index (χ0v) is 14.7. The molecule has 25 heavy (non-hydrogen) atoms. The molecule has 8 heteroatoms. The Labute approximate surface area is 149 Å². The number of hydrogen-bond acceptors (Lipinski definition) is 6. The molecule has 3 aromatic rings. The van der Waals surface area contributed by atoms with Crippen molar-refractivity contribution in [3.05, 3.63) is 47.9 Å². The highest BCUT2D eigenvalue weighted by Crippen LogP contribution is 2.24. The third kappa shape index (κ3) is 3.25. The van der Waals surface area contributed by atoms with E-state index >= 15 is 0 Å². The van der Waals surface area contributed by atoms with Crippen molar-refractivity contribution >= 4 is 23.1 Å². The first kappa shape index (κ1) is 15.8. The van der Waals surface area contributed by atoms with Gasteiger partial charge in [-0.2, -0.15) is 5.10 Å². The molecular formula is C17H18N6OS. The number of aromatic nitrogens is 4. The van der Waals surface area contributed by atoms with E-state index < -0.39 is 0 Å². The van der Waals surface area contributed by atoms with Gasteiger partial charge in [0.05, 0.1) is 6.20 Å². The number of anilines is 1. The maximum absolute atomic E-state index is 12.7. The number of rotatable bonds is 3. The molecule has 4 rings (SSSR count). The molecule has 1 amide bonds. The summed E-state index contributed by atoms with van der Waals surface area (Å²) < 4.78 is 1.73. The van der Waals surface area contributed by atoms with Crippen LogP contribution in [0.1, 0.15) is 10.5 Å². The van der Waals surface area contributed by atoms with E-state index in [0.717, 1.165) is 29.5 Å². The number of piperazine rings is 1. The van der Waals surface area contributed by atoms with Crippen LogP contribution in [0.25, 0.3) is 10.6 Å². The minimum Gasteiger partial charge on any atom is -0.353 e. The Bertz CT molecular complexity index is 866. The maximum Gasteiger partial charge on any atom is 0.273 e. The molecule has 0 saturated carbocycles. The summed E-state index contributed by atoms with van der Waals surface area (Å²) in [5.41, 5.74) is 1.45. The maximum atomic E-state index is 12.7. The highest BCUT2D eigenvalue weighted by molar-refractivity contribution is 7.13. The molecule has 128 valence electrons. The molecule has 1 aliphatic heterocycles. The molecule has 1 fully saturated rings. The van der Waals surface area contributed by atoms with Gasteiger partial charge in [0.2, 0.25) is 0 Å². The van der Waals surface area contributed by atoms with Crippen molar-refractivity contribution < 1.29 is 4.79 Å². The highest BCUT2D eigenvalue weighted by atomic mass is 32.1. The topological polar surface area (TPSA) is 67.2 Å². The van der Waals surface area contributed by atoms with E-state index in [0.29, 0.717) is 18.8 Å². The van der Waals surface area contributed by atoms with Crippen LogP contribution in [-0.2, 0) is 7.05 Å². The smallest absolute Gasteiger partial charge is 0.273 e. The summed E-state index contributed by atoms with van der Waals surface area (Å²) in [5, 5.41) is 6.80. The van der Waals surface area contributed by atoms with E-state index in [2.05, 4.69) is 20.0 Å². The van der Waals surface area contributed by atoms with E-state index in [-0.39, 0.29) is 5.91 Å². The van der Waals surface area contributed by atoms with Gasteiger partial charge in [0.1, 0.15) is 16.5 Å². The van der Waals surface area contributed by atoms with Gasteiger partial charge in [-0.3, -0.25) is 9.48 Å². The number of aryl methyl sites for hydroxylation is 1. The van der Waals surface area contributed by atoms with Gasteiger partial charge < -0.3 is 9.80 Å². The quantitative estimate of drug-likeness (QED) is 0.719. The monoisotopic (exact) mass is 354 g/mol. The van der Waals surface area contributed by atoms with Gasteiger partial charge >= 0.3 is 0 Å².